The molecule has 2 rings (SSSR count). The largest absolute Gasteiger partial charge is 0.487 e. The number of anilines is 1. The normalized spacial score (nSPS) is 10.8. The fourth-order valence-corrected chi connectivity index (χ4v) is 3.32. The molecule has 4 heteroatoms. The Bertz CT molecular complexity index is 571. The van der Waals surface area contributed by atoms with Crippen LogP contribution in [0.1, 0.15) is 30.9 Å². The summed E-state index contributed by atoms with van der Waals surface area (Å²) in [6.45, 7) is 4.90. The number of hydrogen-bond donors (Lipinski definition) is 1. The summed E-state index contributed by atoms with van der Waals surface area (Å²) >= 11 is 6.93. The number of ether oxygens (including phenoxy) is 1. The van der Waals surface area contributed by atoms with Gasteiger partial charge in [0.15, 0.2) is 0 Å². The average molecular weight is 399 g/mol. The Morgan fingerprint density at radius 2 is 1.60 bits per heavy atom. The van der Waals surface area contributed by atoms with Crippen molar-refractivity contribution < 1.29 is 4.74 Å². The van der Waals surface area contributed by atoms with Crippen LogP contribution in [-0.2, 0) is 6.61 Å². The quantitative estimate of drug-likeness (QED) is 0.690. The highest BCUT2D eigenvalue weighted by Crippen LogP contribution is 2.36. The van der Waals surface area contributed by atoms with Crippen molar-refractivity contribution in [3.05, 3.63) is 56.5 Å². The summed E-state index contributed by atoms with van der Waals surface area (Å²) in [6, 6.07) is 12.2. The predicted octanol–water partition coefficient (Wildman–Crippen LogP) is 5.50. The van der Waals surface area contributed by atoms with Gasteiger partial charge in [-0.2, -0.15) is 0 Å². The third-order valence-electron chi connectivity index (χ3n) is 3.05. The van der Waals surface area contributed by atoms with Gasteiger partial charge in [-0.25, -0.2) is 0 Å². The lowest BCUT2D eigenvalue weighted by molar-refractivity contribution is 0.302. The van der Waals surface area contributed by atoms with Crippen LogP contribution < -0.4 is 10.5 Å². The summed E-state index contributed by atoms with van der Waals surface area (Å²) in [7, 11) is 0. The van der Waals surface area contributed by atoms with E-state index in [-0.39, 0.29) is 0 Å². The Morgan fingerprint density at radius 1 is 1.05 bits per heavy atom. The Kier molecular flexibility index (Phi) is 5.11. The fourth-order valence-electron chi connectivity index (χ4n) is 1.87. The van der Waals surface area contributed by atoms with E-state index in [0.29, 0.717) is 18.2 Å². The summed E-state index contributed by atoms with van der Waals surface area (Å²) in [5, 5.41) is 0. The summed E-state index contributed by atoms with van der Waals surface area (Å²) < 4.78 is 7.56. The Hall–Kier alpha value is -1.000. The van der Waals surface area contributed by atoms with Gasteiger partial charge in [0, 0.05) is 5.69 Å². The lowest BCUT2D eigenvalue weighted by Gasteiger charge is -2.12. The maximum absolute atomic E-state index is 5.86. The zero-order valence-electron chi connectivity index (χ0n) is 11.5. The Balaban J connectivity index is 2.09. The third-order valence-corrected chi connectivity index (χ3v) is 4.23. The lowest BCUT2D eigenvalue weighted by atomic mass is 10.0. The minimum atomic E-state index is 0.527. The second-order valence-corrected chi connectivity index (χ2v) is 6.71. The van der Waals surface area contributed by atoms with Crippen LogP contribution in [0.25, 0.3) is 0 Å². The van der Waals surface area contributed by atoms with E-state index in [4.69, 9.17) is 10.5 Å². The highest BCUT2D eigenvalue weighted by molar-refractivity contribution is 9.11. The highest BCUT2D eigenvalue weighted by Gasteiger charge is 2.08. The van der Waals surface area contributed by atoms with Gasteiger partial charge in [0.2, 0.25) is 0 Å². The van der Waals surface area contributed by atoms with E-state index in [2.05, 4.69) is 70.0 Å². The fraction of sp³-hybridized carbons (Fsp3) is 0.250. The number of hydrogen-bond acceptors (Lipinski definition) is 2. The van der Waals surface area contributed by atoms with Crippen LogP contribution in [0.2, 0.25) is 0 Å². The number of nitrogens with two attached hydrogens (primary N) is 1. The molecule has 2 N–H and O–H groups in total. The summed E-state index contributed by atoms with van der Waals surface area (Å²) in [5.74, 6) is 1.32. The Morgan fingerprint density at radius 3 is 2.10 bits per heavy atom. The van der Waals surface area contributed by atoms with Crippen molar-refractivity contribution in [2.24, 2.45) is 0 Å². The molecule has 0 heterocycles. The van der Waals surface area contributed by atoms with Crippen molar-refractivity contribution in [1.82, 2.24) is 0 Å². The highest BCUT2D eigenvalue weighted by atomic mass is 79.9. The van der Waals surface area contributed by atoms with Crippen LogP contribution >= 0.6 is 31.9 Å². The minimum Gasteiger partial charge on any atom is -0.487 e. The molecule has 106 valence electrons. The van der Waals surface area contributed by atoms with Crippen molar-refractivity contribution in [3.63, 3.8) is 0 Å². The first kappa shape index (κ1) is 15.4. The molecule has 0 radical (unpaired) electrons. The van der Waals surface area contributed by atoms with Gasteiger partial charge in [0.05, 0.1) is 8.95 Å². The van der Waals surface area contributed by atoms with E-state index in [1.165, 1.54) is 5.56 Å². The molecule has 0 bridgehead atoms. The van der Waals surface area contributed by atoms with Gasteiger partial charge in [-0.1, -0.05) is 38.1 Å². The smallest absolute Gasteiger partial charge is 0.148 e. The molecule has 2 aromatic rings. The second kappa shape index (κ2) is 6.64. The van der Waals surface area contributed by atoms with E-state index in [1.54, 1.807) is 0 Å². The summed E-state index contributed by atoms with van der Waals surface area (Å²) in [6.07, 6.45) is 0. The standard InChI is InChI=1S/C16H17Br2NO/c1-10(2)12-5-3-11(4-6-12)9-20-16-14(17)7-13(19)8-15(16)18/h3-8,10H,9,19H2,1-2H3. The van der Waals surface area contributed by atoms with Crippen molar-refractivity contribution in [2.75, 3.05) is 5.73 Å². The van der Waals surface area contributed by atoms with Gasteiger partial charge < -0.3 is 10.5 Å². The molecule has 2 aromatic carbocycles. The predicted molar refractivity (Wildman–Crippen MR) is 91.1 cm³/mol. The molecule has 0 aromatic heterocycles. The van der Waals surface area contributed by atoms with Crippen LogP contribution in [0.3, 0.4) is 0 Å². The topological polar surface area (TPSA) is 35.2 Å². The van der Waals surface area contributed by atoms with Crippen LogP contribution in [-0.4, -0.2) is 0 Å². The first-order chi connectivity index (χ1) is 9.47. The summed E-state index contributed by atoms with van der Waals surface area (Å²) in [4.78, 5) is 0. The van der Waals surface area contributed by atoms with Gasteiger partial charge in [-0.15, -0.1) is 0 Å². The monoisotopic (exact) mass is 397 g/mol. The van der Waals surface area contributed by atoms with Crippen molar-refractivity contribution in [2.45, 2.75) is 26.4 Å². The van der Waals surface area contributed by atoms with E-state index in [1.807, 2.05) is 12.1 Å². The van der Waals surface area contributed by atoms with Crippen LogP contribution in [0, 0.1) is 0 Å². The van der Waals surface area contributed by atoms with Gasteiger partial charge in [-0.3, -0.25) is 0 Å². The molecule has 0 unspecified atom stereocenters. The van der Waals surface area contributed by atoms with Crippen LogP contribution in [0.5, 0.6) is 5.75 Å². The van der Waals surface area contributed by atoms with Crippen LogP contribution in [0.15, 0.2) is 45.3 Å². The number of nitrogen functional groups attached to an aromatic ring is 1. The first-order valence-electron chi connectivity index (χ1n) is 6.43. The molecular weight excluding hydrogens is 382 g/mol. The Labute approximate surface area is 136 Å². The third kappa shape index (κ3) is 3.76. The molecule has 0 fully saturated rings. The van der Waals surface area contributed by atoms with Gasteiger partial charge >= 0.3 is 0 Å². The van der Waals surface area contributed by atoms with Crippen molar-refractivity contribution >= 4 is 37.5 Å². The number of rotatable bonds is 4. The molecule has 0 spiro atoms. The SMILES string of the molecule is CC(C)c1ccc(COc2c(Br)cc(N)cc2Br)cc1. The molecule has 0 saturated carbocycles. The van der Waals surface area contributed by atoms with Gasteiger partial charge in [-0.05, 0) is 61.0 Å². The average Bonchev–Trinajstić information content (AvgIpc) is 2.38. The minimum absolute atomic E-state index is 0.527. The van der Waals surface area contributed by atoms with Gasteiger partial charge in [0.25, 0.3) is 0 Å². The maximum Gasteiger partial charge on any atom is 0.148 e. The molecule has 2 nitrogen and oxygen atoms in total. The molecule has 0 saturated heterocycles. The first-order valence-corrected chi connectivity index (χ1v) is 8.02. The zero-order valence-corrected chi connectivity index (χ0v) is 14.7. The van der Waals surface area contributed by atoms with Crippen LogP contribution in [0.4, 0.5) is 5.69 Å². The van der Waals surface area contributed by atoms with Crippen molar-refractivity contribution in [3.8, 4) is 5.75 Å². The molecule has 0 atom stereocenters. The van der Waals surface area contributed by atoms with Crippen molar-refractivity contribution in [1.29, 1.82) is 0 Å². The second-order valence-electron chi connectivity index (χ2n) is 5.00. The lowest BCUT2D eigenvalue weighted by Crippen LogP contribution is -1.98. The molecule has 0 aliphatic rings. The number of benzene rings is 2. The maximum atomic E-state index is 5.86. The number of halogens is 2. The van der Waals surface area contributed by atoms with E-state index in [0.717, 1.165) is 20.3 Å². The van der Waals surface area contributed by atoms with E-state index < -0.39 is 0 Å². The van der Waals surface area contributed by atoms with E-state index >= 15 is 0 Å². The molecule has 20 heavy (non-hydrogen) atoms. The molecule has 0 aliphatic heterocycles. The zero-order chi connectivity index (χ0) is 14.7. The summed E-state index contributed by atoms with van der Waals surface area (Å²) in [5.41, 5.74) is 8.94. The van der Waals surface area contributed by atoms with E-state index in [9.17, 15) is 0 Å². The molecular formula is C16H17Br2NO. The van der Waals surface area contributed by atoms with Gasteiger partial charge in [0.1, 0.15) is 12.4 Å². The molecule has 0 amide bonds. The molecule has 0 aliphatic carbocycles.